The molecule has 2 aromatic carbocycles. The number of methoxy groups -OCH3 is 1. The lowest BCUT2D eigenvalue weighted by Crippen LogP contribution is -2.42. The maximum absolute atomic E-state index is 13.0. The molecule has 0 unspecified atom stereocenters. The number of nitrogens with one attached hydrogen (secondary N) is 1. The highest BCUT2D eigenvalue weighted by molar-refractivity contribution is 9.10. The Hall–Kier alpha value is -2.54. The number of benzene rings is 2. The SMILES string of the molecule is CCOc1c(Br)cc(C(=O)N2CC(=O)Nc3ccccc32)cc1OC. The molecule has 2 aromatic rings. The van der Waals surface area contributed by atoms with Crippen LogP contribution in [0.3, 0.4) is 0 Å². The molecule has 1 aliphatic heterocycles. The van der Waals surface area contributed by atoms with Crippen molar-refractivity contribution in [1.29, 1.82) is 0 Å². The molecular weight excluding hydrogens is 388 g/mol. The van der Waals surface area contributed by atoms with Crippen LogP contribution in [0.4, 0.5) is 11.4 Å². The van der Waals surface area contributed by atoms with Crippen molar-refractivity contribution in [3.8, 4) is 11.5 Å². The first-order valence-corrected chi connectivity index (χ1v) is 8.55. The minimum absolute atomic E-state index is 0.0387. The molecule has 0 spiro atoms. The molecule has 0 aromatic heterocycles. The van der Waals surface area contributed by atoms with Crippen LogP contribution in [0.25, 0.3) is 0 Å². The zero-order valence-electron chi connectivity index (χ0n) is 13.8. The van der Waals surface area contributed by atoms with E-state index in [0.29, 0.717) is 39.5 Å². The van der Waals surface area contributed by atoms with Gasteiger partial charge in [-0.2, -0.15) is 0 Å². The van der Waals surface area contributed by atoms with Crippen molar-refractivity contribution < 1.29 is 19.1 Å². The largest absolute Gasteiger partial charge is 0.493 e. The first-order chi connectivity index (χ1) is 12.0. The fourth-order valence-electron chi connectivity index (χ4n) is 2.70. The first kappa shape index (κ1) is 17.3. The van der Waals surface area contributed by atoms with Gasteiger partial charge < -0.3 is 14.8 Å². The minimum atomic E-state index is -0.288. The van der Waals surface area contributed by atoms with E-state index in [1.54, 1.807) is 24.3 Å². The van der Waals surface area contributed by atoms with E-state index in [4.69, 9.17) is 9.47 Å². The smallest absolute Gasteiger partial charge is 0.259 e. The van der Waals surface area contributed by atoms with Gasteiger partial charge in [-0.3, -0.25) is 14.5 Å². The number of fused-ring (bicyclic) bond motifs is 1. The molecule has 0 bridgehead atoms. The van der Waals surface area contributed by atoms with Crippen LogP contribution in [0, 0.1) is 0 Å². The first-order valence-electron chi connectivity index (χ1n) is 7.76. The number of para-hydroxylation sites is 2. The Morgan fingerprint density at radius 1 is 1.32 bits per heavy atom. The lowest BCUT2D eigenvalue weighted by molar-refractivity contribution is -0.115. The molecule has 6 nitrogen and oxygen atoms in total. The molecule has 130 valence electrons. The highest BCUT2D eigenvalue weighted by atomic mass is 79.9. The lowest BCUT2D eigenvalue weighted by atomic mass is 10.1. The molecule has 0 radical (unpaired) electrons. The summed E-state index contributed by atoms with van der Waals surface area (Å²) in [5.41, 5.74) is 1.68. The quantitative estimate of drug-likeness (QED) is 0.846. The van der Waals surface area contributed by atoms with Gasteiger partial charge in [0.15, 0.2) is 11.5 Å². The molecule has 2 amide bonds. The Kier molecular flexibility index (Phi) is 4.94. The van der Waals surface area contributed by atoms with Crippen molar-refractivity contribution in [2.24, 2.45) is 0 Å². The van der Waals surface area contributed by atoms with Crippen molar-refractivity contribution in [3.05, 3.63) is 46.4 Å². The van der Waals surface area contributed by atoms with Crippen molar-refractivity contribution in [3.63, 3.8) is 0 Å². The average Bonchev–Trinajstić information content (AvgIpc) is 2.61. The van der Waals surface area contributed by atoms with Crippen LogP contribution >= 0.6 is 15.9 Å². The molecule has 0 atom stereocenters. The molecule has 1 aliphatic rings. The summed E-state index contributed by atoms with van der Waals surface area (Å²) in [6, 6.07) is 10.5. The van der Waals surface area contributed by atoms with Gasteiger partial charge in [-0.15, -0.1) is 0 Å². The van der Waals surface area contributed by atoms with Gasteiger partial charge in [-0.1, -0.05) is 12.1 Å². The number of carbonyl (C=O) groups excluding carboxylic acids is 2. The van der Waals surface area contributed by atoms with E-state index < -0.39 is 0 Å². The van der Waals surface area contributed by atoms with Gasteiger partial charge in [-0.05, 0) is 47.1 Å². The van der Waals surface area contributed by atoms with E-state index in [-0.39, 0.29) is 18.4 Å². The van der Waals surface area contributed by atoms with E-state index in [0.717, 1.165) is 0 Å². The fraction of sp³-hybridized carbons (Fsp3) is 0.222. The summed E-state index contributed by atoms with van der Waals surface area (Å²) in [5.74, 6) is 0.473. The number of carbonyl (C=O) groups is 2. The Bertz CT molecular complexity index is 838. The average molecular weight is 405 g/mol. The van der Waals surface area contributed by atoms with Crippen LogP contribution in [0.5, 0.6) is 11.5 Å². The Balaban J connectivity index is 2.02. The summed E-state index contributed by atoms with van der Waals surface area (Å²) >= 11 is 3.42. The van der Waals surface area contributed by atoms with E-state index in [9.17, 15) is 9.59 Å². The summed E-state index contributed by atoms with van der Waals surface area (Å²) in [6.07, 6.45) is 0. The van der Waals surface area contributed by atoms with Gasteiger partial charge in [0.05, 0.1) is 29.6 Å². The molecule has 7 heteroatoms. The highest BCUT2D eigenvalue weighted by Gasteiger charge is 2.28. The molecule has 0 aliphatic carbocycles. The van der Waals surface area contributed by atoms with E-state index in [2.05, 4.69) is 21.2 Å². The lowest BCUT2D eigenvalue weighted by Gasteiger charge is -2.29. The second-order valence-corrected chi connectivity index (χ2v) is 6.23. The van der Waals surface area contributed by atoms with Crippen LogP contribution in [0.2, 0.25) is 0 Å². The predicted octanol–water partition coefficient (Wildman–Crippen LogP) is 3.46. The molecule has 0 fully saturated rings. The molecule has 1 N–H and O–H groups in total. The van der Waals surface area contributed by atoms with E-state index in [1.165, 1.54) is 12.0 Å². The Labute approximate surface area is 153 Å². The molecule has 1 heterocycles. The van der Waals surface area contributed by atoms with Crippen LogP contribution < -0.4 is 19.7 Å². The highest BCUT2D eigenvalue weighted by Crippen LogP contribution is 2.38. The zero-order chi connectivity index (χ0) is 18.0. The Morgan fingerprint density at radius 2 is 2.08 bits per heavy atom. The summed E-state index contributed by atoms with van der Waals surface area (Å²) in [4.78, 5) is 26.4. The van der Waals surface area contributed by atoms with Crippen LogP contribution in [-0.4, -0.2) is 32.1 Å². The third-order valence-corrected chi connectivity index (χ3v) is 4.37. The predicted molar refractivity (Wildman–Crippen MR) is 98.6 cm³/mol. The molecule has 0 saturated heterocycles. The van der Waals surface area contributed by atoms with Gasteiger partial charge in [0.2, 0.25) is 5.91 Å². The maximum Gasteiger partial charge on any atom is 0.259 e. The third-order valence-electron chi connectivity index (χ3n) is 3.78. The number of amides is 2. The summed E-state index contributed by atoms with van der Waals surface area (Å²) in [5, 5.41) is 2.77. The number of rotatable bonds is 4. The Morgan fingerprint density at radius 3 is 2.80 bits per heavy atom. The molecule has 25 heavy (non-hydrogen) atoms. The molecular formula is C18H17BrN2O4. The normalized spacial score (nSPS) is 13.1. The van der Waals surface area contributed by atoms with Crippen molar-refractivity contribution in [2.45, 2.75) is 6.92 Å². The van der Waals surface area contributed by atoms with Crippen molar-refractivity contribution in [1.82, 2.24) is 0 Å². The van der Waals surface area contributed by atoms with Gasteiger partial charge in [-0.25, -0.2) is 0 Å². The van der Waals surface area contributed by atoms with Gasteiger partial charge in [0.25, 0.3) is 5.91 Å². The number of anilines is 2. The van der Waals surface area contributed by atoms with Gasteiger partial charge in [0, 0.05) is 5.56 Å². The topological polar surface area (TPSA) is 67.9 Å². The van der Waals surface area contributed by atoms with E-state index in [1.807, 2.05) is 19.1 Å². The van der Waals surface area contributed by atoms with E-state index >= 15 is 0 Å². The number of hydrogen-bond acceptors (Lipinski definition) is 4. The monoisotopic (exact) mass is 404 g/mol. The van der Waals surface area contributed by atoms with Crippen molar-refractivity contribution in [2.75, 3.05) is 30.5 Å². The van der Waals surface area contributed by atoms with Crippen molar-refractivity contribution >= 4 is 39.1 Å². The number of ether oxygens (including phenoxy) is 2. The zero-order valence-corrected chi connectivity index (χ0v) is 15.4. The van der Waals surface area contributed by atoms with Gasteiger partial charge in [0.1, 0.15) is 6.54 Å². The van der Waals surface area contributed by atoms with Crippen LogP contribution in [0.1, 0.15) is 17.3 Å². The van der Waals surface area contributed by atoms with Crippen LogP contribution in [0.15, 0.2) is 40.9 Å². The number of nitrogens with zero attached hydrogens (tertiary/aromatic N) is 1. The summed E-state index contributed by atoms with van der Waals surface area (Å²) in [6.45, 7) is 2.30. The maximum atomic E-state index is 13.0. The fourth-order valence-corrected chi connectivity index (χ4v) is 3.25. The van der Waals surface area contributed by atoms with Gasteiger partial charge >= 0.3 is 0 Å². The second-order valence-electron chi connectivity index (χ2n) is 5.38. The molecule has 0 saturated carbocycles. The standard InChI is InChI=1S/C18H17BrN2O4/c1-3-25-17-12(19)8-11(9-15(17)24-2)18(23)21-10-16(22)20-13-6-4-5-7-14(13)21/h4-9H,3,10H2,1-2H3,(H,20,22). The third kappa shape index (κ3) is 3.32. The minimum Gasteiger partial charge on any atom is -0.493 e. The summed E-state index contributed by atoms with van der Waals surface area (Å²) in [7, 11) is 1.52. The second kappa shape index (κ2) is 7.14. The molecule has 3 rings (SSSR count). The summed E-state index contributed by atoms with van der Waals surface area (Å²) < 4.78 is 11.5. The number of hydrogen-bond donors (Lipinski definition) is 1. The number of halogens is 1. The van der Waals surface area contributed by atoms with Crippen LogP contribution in [-0.2, 0) is 4.79 Å².